The van der Waals surface area contributed by atoms with E-state index in [-0.39, 0.29) is 29.2 Å². The second-order valence-electron chi connectivity index (χ2n) is 6.74. The molecule has 31 heavy (non-hydrogen) atoms. The molecule has 0 aliphatic carbocycles. The number of aromatic nitrogens is 2. The average Bonchev–Trinajstić information content (AvgIpc) is 2.74. The van der Waals surface area contributed by atoms with Crippen molar-refractivity contribution in [3.63, 3.8) is 0 Å². The van der Waals surface area contributed by atoms with E-state index in [1.165, 1.54) is 24.7 Å². The molecule has 9 heteroatoms. The summed E-state index contributed by atoms with van der Waals surface area (Å²) in [4.78, 5) is 20.5. The fraction of sp³-hybridized carbons (Fsp3) is 0.182. The number of hydrogen-bond acceptors (Lipinski definition) is 5. The Morgan fingerprint density at radius 2 is 1.97 bits per heavy atom. The topological polar surface area (TPSA) is 75.9 Å². The lowest BCUT2D eigenvalue weighted by molar-refractivity contribution is -0.154. The van der Waals surface area contributed by atoms with E-state index in [1.54, 1.807) is 31.2 Å². The fourth-order valence-corrected chi connectivity index (χ4v) is 2.93. The SMILES string of the molecule is Cc1cc(-c2cc(CC(=O)c3cncc(C#N)c3)cnc2OCC(F)(F)F)ccc1Cl. The number of Topliss-reactive ketones (excluding diaryl/α,β-unsaturated/α-hetero) is 1. The van der Waals surface area contributed by atoms with Crippen molar-refractivity contribution in [3.8, 4) is 23.1 Å². The summed E-state index contributed by atoms with van der Waals surface area (Å²) in [5.41, 5.74) is 2.54. The molecule has 0 aliphatic heterocycles. The third-order valence-corrected chi connectivity index (χ3v) is 4.73. The molecule has 5 nitrogen and oxygen atoms in total. The molecule has 0 saturated carbocycles. The second-order valence-corrected chi connectivity index (χ2v) is 7.15. The second kappa shape index (κ2) is 9.14. The van der Waals surface area contributed by atoms with Gasteiger partial charge in [0.05, 0.1) is 5.56 Å². The first-order valence-corrected chi connectivity index (χ1v) is 9.37. The fourth-order valence-electron chi connectivity index (χ4n) is 2.82. The highest BCUT2D eigenvalue weighted by molar-refractivity contribution is 6.31. The lowest BCUT2D eigenvalue weighted by Crippen LogP contribution is -2.20. The maximum absolute atomic E-state index is 12.6. The molecule has 0 radical (unpaired) electrons. The highest BCUT2D eigenvalue weighted by Gasteiger charge is 2.29. The molecule has 3 aromatic rings. The van der Waals surface area contributed by atoms with Gasteiger partial charge in [0.25, 0.3) is 0 Å². The molecule has 0 saturated heterocycles. The summed E-state index contributed by atoms with van der Waals surface area (Å²) in [6.07, 6.45) is -0.630. The van der Waals surface area contributed by atoms with Gasteiger partial charge >= 0.3 is 6.18 Å². The van der Waals surface area contributed by atoms with Gasteiger partial charge in [0.1, 0.15) is 6.07 Å². The van der Waals surface area contributed by atoms with E-state index in [1.807, 2.05) is 6.07 Å². The van der Waals surface area contributed by atoms with E-state index in [2.05, 4.69) is 9.97 Å². The lowest BCUT2D eigenvalue weighted by Gasteiger charge is -2.14. The van der Waals surface area contributed by atoms with Crippen LogP contribution in [0.2, 0.25) is 5.02 Å². The standard InChI is InChI=1S/C22H15ClF3N3O2/c1-13-4-16(2-3-19(13)23)18-6-14(10-29-21(18)31-12-22(24,25)26)7-20(30)17-5-15(8-27)9-28-11-17/h2-6,9-11H,7,12H2,1H3. The van der Waals surface area contributed by atoms with E-state index < -0.39 is 12.8 Å². The van der Waals surface area contributed by atoms with E-state index in [0.29, 0.717) is 21.7 Å². The van der Waals surface area contributed by atoms with Crippen LogP contribution in [0, 0.1) is 18.3 Å². The van der Waals surface area contributed by atoms with Crippen molar-refractivity contribution in [2.24, 2.45) is 0 Å². The summed E-state index contributed by atoms with van der Waals surface area (Å²) < 4.78 is 42.8. The Morgan fingerprint density at radius 3 is 2.65 bits per heavy atom. The van der Waals surface area contributed by atoms with Crippen LogP contribution in [-0.2, 0) is 6.42 Å². The van der Waals surface area contributed by atoms with Crippen molar-refractivity contribution in [3.05, 3.63) is 76.2 Å². The number of carbonyl (C=O) groups excluding carboxylic acids is 1. The largest absolute Gasteiger partial charge is 0.468 e. The summed E-state index contributed by atoms with van der Waals surface area (Å²) in [5, 5.41) is 9.47. The first-order valence-electron chi connectivity index (χ1n) is 8.99. The quantitative estimate of drug-likeness (QED) is 0.478. The monoisotopic (exact) mass is 445 g/mol. The molecular formula is C22H15ClF3N3O2. The molecule has 158 valence electrons. The smallest absolute Gasteiger partial charge is 0.422 e. The van der Waals surface area contributed by atoms with Crippen LogP contribution in [0.25, 0.3) is 11.1 Å². The highest BCUT2D eigenvalue weighted by atomic mass is 35.5. The van der Waals surface area contributed by atoms with Gasteiger partial charge in [0, 0.05) is 41.2 Å². The number of ketones is 1. The Hall–Kier alpha value is -3.44. The van der Waals surface area contributed by atoms with E-state index >= 15 is 0 Å². The van der Waals surface area contributed by atoms with Crippen molar-refractivity contribution in [2.75, 3.05) is 6.61 Å². The third-order valence-electron chi connectivity index (χ3n) is 4.30. The summed E-state index contributed by atoms with van der Waals surface area (Å²) in [6.45, 7) is 0.266. The number of alkyl halides is 3. The van der Waals surface area contributed by atoms with Gasteiger partial charge in [-0.05, 0) is 47.9 Å². The summed E-state index contributed by atoms with van der Waals surface area (Å²) in [7, 11) is 0. The minimum Gasteiger partial charge on any atom is -0.468 e. The molecule has 2 heterocycles. The van der Waals surface area contributed by atoms with Crippen LogP contribution in [0.5, 0.6) is 5.88 Å². The predicted octanol–water partition coefficient (Wildman–Crippen LogP) is 5.34. The minimum absolute atomic E-state index is 0.0807. The molecule has 0 unspecified atom stereocenters. The summed E-state index contributed by atoms with van der Waals surface area (Å²) >= 11 is 6.05. The van der Waals surface area contributed by atoms with E-state index in [4.69, 9.17) is 21.6 Å². The minimum atomic E-state index is -4.53. The molecule has 2 aromatic heterocycles. The van der Waals surface area contributed by atoms with Gasteiger partial charge < -0.3 is 4.74 Å². The summed E-state index contributed by atoms with van der Waals surface area (Å²) in [5.74, 6) is -0.517. The molecule has 1 aromatic carbocycles. The Labute approximate surface area is 181 Å². The van der Waals surface area contributed by atoms with Crippen LogP contribution >= 0.6 is 11.6 Å². The Balaban J connectivity index is 1.95. The molecule has 0 atom stereocenters. The zero-order valence-electron chi connectivity index (χ0n) is 16.2. The number of nitriles is 1. The van der Waals surface area contributed by atoms with Crippen LogP contribution in [0.1, 0.15) is 27.0 Å². The molecule has 0 amide bonds. The van der Waals surface area contributed by atoms with Crippen molar-refractivity contribution in [2.45, 2.75) is 19.5 Å². The summed E-state index contributed by atoms with van der Waals surface area (Å²) in [6, 6.07) is 9.85. The highest BCUT2D eigenvalue weighted by Crippen LogP contribution is 2.32. The molecule has 0 aliphatic rings. The van der Waals surface area contributed by atoms with Crippen molar-refractivity contribution < 1.29 is 22.7 Å². The number of nitrogens with zero attached hydrogens (tertiary/aromatic N) is 3. The number of pyridine rings is 2. The first kappa shape index (κ1) is 22.2. The molecule has 0 spiro atoms. The van der Waals surface area contributed by atoms with Gasteiger partial charge in [-0.25, -0.2) is 4.98 Å². The van der Waals surface area contributed by atoms with Gasteiger partial charge in [-0.2, -0.15) is 18.4 Å². The normalized spacial score (nSPS) is 11.1. The van der Waals surface area contributed by atoms with E-state index in [9.17, 15) is 18.0 Å². The van der Waals surface area contributed by atoms with Crippen molar-refractivity contribution in [1.29, 1.82) is 5.26 Å². The molecule has 3 rings (SSSR count). The van der Waals surface area contributed by atoms with Crippen LogP contribution in [0.3, 0.4) is 0 Å². The molecule has 0 bridgehead atoms. The zero-order chi connectivity index (χ0) is 22.6. The van der Waals surface area contributed by atoms with Crippen molar-refractivity contribution >= 4 is 17.4 Å². The van der Waals surface area contributed by atoms with Gasteiger partial charge in [0.2, 0.25) is 5.88 Å². The van der Waals surface area contributed by atoms with Crippen LogP contribution in [-0.4, -0.2) is 28.5 Å². The maximum atomic E-state index is 12.6. The number of hydrogen-bond donors (Lipinski definition) is 0. The number of ether oxygens (including phenoxy) is 1. The van der Waals surface area contributed by atoms with Gasteiger partial charge in [-0.3, -0.25) is 9.78 Å². The zero-order valence-corrected chi connectivity index (χ0v) is 17.0. The van der Waals surface area contributed by atoms with Gasteiger partial charge in [-0.1, -0.05) is 17.7 Å². The van der Waals surface area contributed by atoms with Crippen molar-refractivity contribution in [1.82, 2.24) is 9.97 Å². The number of aryl methyl sites for hydroxylation is 1. The average molecular weight is 446 g/mol. The Kier molecular flexibility index (Phi) is 6.56. The maximum Gasteiger partial charge on any atom is 0.422 e. The van der Waals surface area contributed by atoms with E-state index in [0.717, 1.165) is 5.56 Å². The Bertz CT molecular complexity index is 1170. The van der Waals surface area contributed by atoms with Gasteiger partial charge in [0.15, 0.2) is 12.4 Å². The Morgan fingerprint density at radius 1 is 1.19 bits per heavy atom. The van der Waals surface area contributed by atoms with Gasteiger partial charge in [-0.15, -0.1) is 0 Å². The molecule has 0 fully saturated rings. The number of benzene rings is 1. The molecule has 0 N–H and O–H groups in total. The predicted molar refractivity (Wildman–Crippen MR) is 108 cm³/mol. The third kappa shape index (κ3) is 5.80. The number of rotatable bonds is 6. The lowest BCUT2D eigenvalue weighted by atomic mass is 9.99. The first-order chi connectivity index (χ1) is 14.7. The number of halogens is 4. The van der Waals surface area contributed by atoms with Crippen LogP contribution in [0.4, 0.5) is 13.2 Å². The van der Waals surface area contributed by atoms with Crippen LogP contribution < -0.4 is 4.74 Å². The van der Waals surface area contributed by atoms with Crippen LogP contribution in [0.15, 0.2) is 48.9 Å². The number of carbonyl (C=O) groups is 1. The molecular weight excluding hydrogens is 431 g/mol.